The second-order valence-electron chi connectivity index (χ2n) is 6.13. The predicted molar refractivity (Wildman–Crippen MR) is 102 cm³/mol. The molecule has 0 spiro atoms. The third-order valence-electron chi connectivity index (χ3n) is 3.95. The summed E-state index contributed by atoms with van der Waals surface area (Å²) in [5.41, 5.74) is 5.98. The molecule has 1 amide bonds. The van der Waals surface area contributed by atoms with E-state index in [1.54, 1.807) is 24.3 Å². The van der Waals surface area contributed by atoms with Gasteiger partial charge in [0, 0.05) is 24.8 Å². The topological polar surface area (TPSA) is 78.9 Å². The highest BCUT2D eigenvalue weighted by atomic mass is 19.4. The first kappa shape index (κ1) is 20.3. The molecule has 6 nitrogen and oxygen atoms in total. The number of rotatable bonds is 7. The molecule has 0 aliphatic rings. The number of alkyl halides is 3. The lowest BCUT2D eigenvalue weighted by Crippen LogP contribution is -2.30. The van der Waals surface area contributed by atoms with Crippen LogP contribution < -0.4 is 16.2 Å². The highest BCUT2D eigenvalue weighted by molar-refractivity contribution is 5.94. The van der Waals surface area contributed by atoms with Gasteiger partial charge in [-0.15, -0.1) is 0 Å². The van der Waals surface area contributed by atoms with Crippen LogP contribution in [0.15, 0.2) is 66.9 Å². The number of nitrogens with one attached hydrogen (secondary N) is 3. The van der Waals surface area contributed by atoms with E-state index in [0.29, 0.717) is 12.1 Å². The van der Waals surface area contributed by atoms with Gasteiger partial charge >= 0.3 is 6.18 Å². The summed E-state index contributed by atoms with van der Waals surface area (Å²) in [5.74, 6) is -0.871. The Labute approximate surface area is 165 Å². The van der Waals surface area contributed by atoms with Gasteiger partial charge < -0.3 is 5.32 Å². The van der Waals surface area contributed by atoms with Crippen LogP contribution >= 0.6 is 0 Å². The van der Waals surface area contributed by atoms with E-state index in [1.165, 1.54) is 5.56 Å². The Kier molecular flexibility index (Phi) is 6.40. The lowest BCUT2D eigenvalue weighted by molar-refractivity contribution is -0.141. The number of hydrogen-bond acceptors (Lipinski definition) is 5. The third-order valence-corrected chi connectivity index (χ3v) is 3.95. The van der Waals surface area contributed by atoms with Crippen molar-refractivity contribution in [1.82, 2.24) is 20.7 Å². The number of hydrogen-bond donors (Lipinski definition) is 3. The molecule has 0 fully saturated rings. The van der Waals surface area contributed by atoms with Crippen molar-refractivity contribution in [2.75, 3.05) is 5.43 Å². The molecule has 1 aromatic heterocycles. The molecule has 3 rings (SSSR count). The van der Waals surface area contributed by atoms with Crippen molar-refractivity contribution < 1.29 is 18.0 Å². The molecule has 0 unspecified atom stereocenters. The summed E-state index contributed by atoms with van der Waals surface area (Å²) in [6.07, 6.45) is -3.63. The molecule has 3 aromatic rings. The van der Waals surface area contributed by atoms with E-state index in [2.05, 4.69) is 26.1 Å². The lowest BCUT2D eigenvalue weighted by atomic mass is 10.1. The normalized spacial score (nSPS) is 11.1. The Morgan fingerprint density at radius 3 is 2.21 bits per heavy atom. The maximum absolute atomic E-state index is 12.6. The fraction of sp³-hybridized carbons (Fsp3) is 0.150. The van der Waals surface area contributed by atoms with E-state index >= 15 is 0 Å². The Morgan fingerprint density at radius 1 is 0.897 bits per heavy atom. The fourth-order valence-electron chi connectivity index (χ4n) is 2.48. The van der Waals surface area contributed by atoms with Crippen LogP contribution in [0.25, 0.3) is 0 Å². The van der Waals surface area contributed by atoms with Crippen molar-refractivity contribution in [2.24, 2.45) is 0 Å². The minimum atomic E-state index is -4.59. The Hall–Kier alpha value is -3.46. The van der Waals surface area contributed by atoms with Crippen LogP contribution in [-0.4, -0.2) is 15.9 Å². The summed E-state index contributed by atoms with van der Waals surface area (Å²) in [7, 11) is 0. The van der Waals surface area contributed by atoms with Crippen molar-refractivity contribution in [2.45, 2.75) is 19.3 Å². The van der Waals surface area contributed by atoms with Gasteiger partial charge in [-0.1, -0.05) is 42.5 Å². The number of anilines is 1. The maximum Gasteiger partial charge on any atom is 0.433 e. The second-order valence-corrected chi connectivity index (χ2v) is 6.13. The molecule has 0 bridgehead atoms. The van der Waals surface area contributed by atoms with Crippen LogP contribution in [0, 0.1) is 0 Å². The number of nitrogens with zero attached hydrogens (tertiary/aromatic N) is 2. The molecular formula is C20H18F3N5O. The summed E-state index contributed by atoms with van der Waals surface area (Å²) in [5, 5.41) is 3.31. The van der Waals surface area contributed by atoms with Crippen molar-refractivity contribution in [3.8, 4) is 0 Å². The minimum absolute atomic E-state index is 0.344. The second kappa shape index (κ2) is 9.16. The van der Waals surface area contributed by atoms with Gasteiger partial charge in [-0.3, -0.25) is 15.6 Å². The zero-order valence-corrected chi connectivity index (χ0v) is 15.2. The van der Waals surface area contributed by atoms with Crippen LogP contribution in [0.2, 0.25) is 0 Å². The van der Waals surface area contributed by atoms with Gasteiger partial charge in [0.05, 0.1) is 0 Å². The van der Waals surface area contributed by atoms with Crippen molar-refractivity contribution in [1.29, 1.82) is 0 Å². The van der Waals surface area contributed by atoms with Gasteiger partial charge in [-0.05, 0) is 29.3 Å². The van der Waals surface area contributed by atoms with Crippen LogP contribution in [-0.2, 0) is 19.3 Å². The summed E-state index contributed by atoms with van der Waals surface area (Å²) in [6.45, 7) is 1.36. The van der Waals surface area contributed by atoms with Gasteiger partial charge in [0.2, 0.25) is 5.95 Å². The van der Waals surface area contributed by atoms with Crippen LogP contribution in [0.5, 0.6) is 0 Å². The molecule has 0 aliphatic heterocycles. The number of halogens is 3. The maximum atomic E-state index is 12.6. The van der Waals surface area contributed by atoms with Crippen LogP contribution in [0.4, 0.5) is 19.1 Å². The molecule has 0 radical (unpaired) electrons. The average molecular weight is 401 g/mol. The number of hydrazine groups is 1. The van der Waals surface area contributed by atoms with Gasteiger partial charge in [0.1, 0.15) is 5.69 Å². The van der Waals surface area contributed by atoms with Crippen molar-refractivity contribution >= 4 is 11.9 Å². The molecule has 0 atom stereocenters. The molecule has 150 valence electrons. The summed E-state index contributed by atoms with van der Waals surface area (Å²) in [6, 6.07) is 17.6. The van der Waals surface area contributed by atoms with E-state index < -0.39 is 17.8 Å². The molecule has 1 heterocycles. The van der Waals surface area contributed by atoms with E-state index in [1.807, 2.05) is 30.3 Å². The Morgan fingerprint density at radius 2 is 1.55 bits per heavy atom. The molecule has 0 saturated carbocycles. The zero-order chi connectivity index (χ0) is 20.7. The monoisotopic (exact) mass is 401 g/mol. The Bertz CT molecular complexity index is 946. The SMILES string of the molecule is O=C(NNc1nccc(C(F)(F)F)n1)c1ccc(CNCc2ccccc2)cc1. The van der Waals surface area contributed by atoms with Gasteiger partial charge in [0.15, 0.2) is 0 Å². The predicted octanol–water partition coefficient (Wildman–Crippen LogP) is 3.54. The largest absolute Gasteiger partial charge is 0.433 e. The molecular weight excluding hydrogens is 383 g/mol. The smallest absolute Gasteiger partial charge is 0.309 e. The minimum Gasteiger partial charge on any atom is -0.309 e. The van der Waals surface area contributed by atoms with Crippen molar-refractivity contribution in [3.63, 3.8) is 0 Å². The highest BCUT2D eigenvalue weighted by Crippen LogP contribution is 2.27. The third kappa shape index (κ3) is 6.01. The lowest BCUT2D eigenvalue weighted by Gasteiger charge is -2.10. The number of benzene rings is 2. The van der Waals surface area contributed by atoms with E-state index in [4.69, 9.17) is 0 Å². The molecule has 3 N–H and O–H groups in total. The first-order chi connectivity index (χ1) is 13.9. The number of amides is 1. The average Bonchev–Trinajstić information content (AvgIpc) is 2.73. The number of carbonyl (C=O) groups is 1. The molecule has 0 aliphatic carbocycles. The molecule has 9 heteroatoms. The van der Waals surface area contributed by atoms with Gasteiger partial charge in [-0.25, -0.2) is 9.97 Å². The van der Waals surface area contributed by atoms with Crippen LogP contribution in [0.1, 0.15) is 27.2 Å². The quantitative estimate of drug-likeness (QED) is 0.528. The molecule has 2 aromatic carbocycles. The van der Waals surface area contributed by atoms with E-state index in [9.17, 15) is 18.0 Å². The standard InChI is InChI=1S/C20H18F3N5O/c21-20(22,23)17-10-11-25-19(26-17)28-27-18(29)16-8-6-15(7-9-16)13-24-12-14-4-2-1-3-5-14/h1-11,24H,12-13H2,(H,27,29)(H,25,26,28). The summed E-state index contributed by atoms with van der Waals surface area (Å²) < 4.78 is 37.9. The van der Waals surface area contributed by atoms with Gasteiger partial charge in [0.25, 0.3) is 5.91 Å². The molecule has 0 saturated heterocycles. The van der Waals surface area contributed by atoms with Crippen molar-refractivity contribution in [3.05, 3.63) is 89.2 Å². The molecule has 29 heavy (non-hydrogen) atoms. The van der Waals surface area contributed by atoms with E-state index in [-0.39, 0.29) is 5.95 Å². The fourth-order valence-corrected chi connectivity index (χ4v) is 2.48. The number of aromatic nitrogens is 2. The highest BCUT2D eigenvalue weighted by Gasteiger charge is 2.32. The zero-order valence-electron chi connectivity index (χ0n) is 15.2. The first-order valence-electron chi connectivity index (χ1n) is 8.72. The summed E-state index contributed by atoms with van der Waals surface area (Å²) in [4.78, 5) is 19.1. The first-order valence-corrected chi connectivity index (χ1v) is 8.72. The summed E-state index contributed by atoms with van der Waals surface area (Å²) >= 11 is 0. The van der Waals surface area contributed by atoms with Crippen LogP contribution in [0.3, 0.4) is 0 Å². The van der Waals surface area contributed by atoms with Gasteiger partial charge in [-0.2, -0.15) is 13.2 Å². The Balaban J connectivity index is 1.50. The number of carbonyl (C=O) groups excluding carboxylic acids is 1. The van der Waals surface area contributed by atoms with E-state index in [0.717, 1.165) is 24.4 Å².